The number of aromatic nitrogens is 2. The van der Waals surface area contributed by atoms with Crippen molar-refractivity contribution < 1.29 is 5.11 Å². The minimum atomic E-state index is -0.285. The summed E-state index contributed by atoms with van der Waals surface area (Å²) in [6.07, 6.45) is 5.29. The third kappa shape index (κ3) is 4.18. The summed E-state index contributed by atoms with van der Waals surface area (Å²) in [5, 5.41) is 10.5. The molecule has 1 rings (SSSR count). The van der Waals surface area contributed by atoms with E-state index in [4.69, 9.17) is 0 Å². The molecule has 0 aromatic carbocycles. The first-order valence-corrected chi connectivity index (χ1v) is 7.01. The molecule has 3 nitrogen and oxygen atoms in total. The summed E-state index contributed by atoms with van der Waals surface area (Å²) in [5.41, 5.74) is 0. The monoisotopic (exact) mass is 242 g/mol. The number of aliphatic hydroxyl groups excluding tert-OH is 1. The van der Waals surface area contributed by atoms with E-state index in [9.17, 15) is 5.11 Å². The third-order valence-electron chi connectivity index (χ3n) is 2.71. The molecule has 16 heavy (non-hydrogen) atoms. The van der Waals surface area contributed by atoms with Crippen LogP contribution in [0, 0.1) is 0 Å². The van der Waals surface area contributed by atoms with Gasteiger partial charge in [0.05, 0.1) is 6.10 Å². The molecular formula is C12H22N2OS. The predicted octanol–water partition coefficient (Wildman–Crippen LogP) is 2.34. The van der Waals surface area contributed by atoms with E-state index in [2.05, 4.69) is 30.3 Å². The lowest BCUT2D eigenvalue weighted by Gasteiger charge is -2.13. The molecule has 0 saturated carbocycles. The van der Waals surface area contributed by atoms with Gasteiger partial charge < -0.3 is 9.67 Å². The Morgan fingerprint density at radius 3 is 2.88 bits per heavy atom. The predicted molar refractivity (Wildman–Crippen MR) is 69.8 cm³/mol. The van der Waals surface area contributed by atoms with Gasteiger partial charge in [-0.25, -0.2) is 4.98 Å². The molecular weight excluding hydrogens is 220 g/mol. The van der Waals surface area contributed by atoms with Gasteiger partial charge in [-0.05, 0) is 13.3 Å². The molecule has 0 radical (unpaired) electrons. The van der Waals surface area contributed by atoms with Crippen LogP contribution in [0.4, 0.5) is 0 Å². The molecule has 0 amide bonds. The van der Waals surface area contributed by atoms with Crippen LogP contribution in [-0.2, 0) is 13.0 Å². The van der Waals surface area contributed by atoms with Crippen LogP contribution in [0.5, 0.6) is 0 Å². The summed E-state index contributed by atoms with van der Waals surface area (Å²) in [6, 6.07) is 0. The van der Waals surface area contributed by atoms with Crippen LogP contribution in [0.25, 0.3) is 0 Å². The number of hydrogen-bond donors (Lipinski definition) is 1. The normalized spacial score (nSPS) is 15.0. The highest BCUT2D eigenvalue weighted by Gasteiger charge is 2.11. The number of aryl methyl sites for hydroxylation is 1. The Labute approximate surface area is 102 Å². The van der Waals surface area contributed by atoms with Crippen LogP contribution < -0.4 is 0 Å². The van der Waals surface area contributed by atoms with Crippen molar-refractivity contribution in [1.29, 1.82) is 0 Å². The number of nitrogens with zero attached hydrogens (tertiary/aromatic N) is 2. The topological polar surface area (TPSA) is 38.1 Å². The van der Waals surface area contributed by atoms with Gasteiger partial charge >= 0.3 is 0 Å². The lowest BCUT2D eigenvalue weighted by Crippen LogP contribution is -2.18. The molecule has 0 spiro atoms. The SMILES string of the molecule is CCC(C)SCC(O)Cc1nccn1CC. The van der Waals surface area contributed by atoms with E-state index in [1.807, 2.05) is 18.0 Å². The number of thioether (sulfide) groups is 1. The maximum atomic E-state index is 9.91. The van der Waals surface area contributed by atoms with Gasteiger partial charge in [-0.3, -0.25) is 0 Å². The summed E-state index contributed by atoms with van der Waals surface area (Å²) in [7, 11) is 0. The highest BCUT2D eigenvalue weighted by Crippen LogP contribution is 2.16. The van der Waals surface area contributed by atoms with Crippen LogP contribution in [0.3, 0.4) is 0 Å². The maximum absolute atomic E-state index is 9.91. The standard InChI is InChI=1S/C12H22N2OS/c1-4-10(3)16-9-11(15)8-12-13-6-7-14(12)5-2/h6-7,10-11,15H,4-5,8-9H2,1-3H3. The van der Waals surface area contributed by atoms with Gasteiger partial charge in [0.15, 0.2) is 0 Å². The van der Waals surface area contributed by atoms with Gasteiger partial charge in [0.25, 0.3) is 0 Å². The molecule has 0 fully saturated rings. The fraction of sp³-hybridized carbons (Fsp3) is 0.750. The highest BCUT2D eigenvalue weighted by molar-refractivity contribution is 7.99. The molecule has 0 aliphatic carbocycles. The first kappa shape index (κ1) is 13.6. The summed E-state index contributed by atoms with van der Waals surface area (Å²) in [6.45, 7) is 7.38. The quantitative estimate of drug-likeness (QED) is 0.797. The third-order valence-corrected chi connectivity index (χ3v) is 4.19. The molecule has 1 heterocycles. The van der Waals surface area contributed by atoms with Gasteiger partial charge in [-0.15, -0.1) is 0 Å². The second-order valence-corrected chi connectivity index (χ2v) is 5.51. The average molecular weight is 242 g/mol. The highest BCUT2D eigenvalue weighted by atomic mass is 32.2. The Morgan fingerprint density at radius 1 is 1.50 bits per heavy atom. The van der Waals surface area contributed by atoms with E-state index in [-0.39, 0.29) is 6.10 Å². The zero-order valence-electron chi connectivity index (χ0n) is 10.4. The molecule has 92 valence electrons. The summed E-state index contributed by atoms with van der Waals surface area (Å²) < 4.78 is 2.08. The number of rotatable bonds is 7. The smallest absolute Gasteiger partial charge is 0.111 e. The summed E-state index contributed by atoms with van der Waals surface area (Å²) in [5.74, 6) is 1.78. The van der Waals surface area contributed by atoms with E-state index in [0.29, 0.717) is 11.7 Å². The van der Waals surface area contributed by atoms with Crippen molar-refractivity contribution in [2.45, 2.75) is 51.5 Å². The maximum Gasteiger partial charge on any atom is 0.111 e. The summed E-state index contributed by atoms with van der Waals surface area (Å²) >= 11 is 1.83. The van der Waals surface area contributed by atoms with Gasteiger partial charge in [-0.1, -0.05) is 13.8 Å². The zero-order valence-corrected chi connectivity index (χ0v) is 11.2. The molecule has 4 heteroatoms. The molecule has 0 aliphatic rings. The molecule has 0 saturated heterocycles. The Bertz CT molecular complexity index is 301. The molecule has 0 aliphatic heterocycles. The van der Waals surface area contributed by atoms with E-state index in [1.165, 1.54) is 0 Å². The summed E-state index contributed by atoms with van der Waals surface area (Å²) in [4.78, 5) is 4.27. The number of aliphatic hydroxyl groups is 1. The van der Waals surface area contributed by atoms with Gasteiger partial charge in [0.1, 0.15) is 5.82 Å². The van der Waals surface area contributed by atoms with E-state index < -0.39 is 0 Å². The van der Waals surface area contributed by atoms with Crippen LogP contribution in [0.15, 0.2) is 12.4 Å². The molecule has 1 aromatic rings. The van der Waals surface area contributed by atoms with Crippen LogP contribution in [-0.4, -0.2) is 31.8 Å². The van der Waals surface area contributed by atoms with Gasteiger partial charge in [0.2, 0.25) is 0 Å². The van der Waals surface area contributed by atoms with Gasteiger partial charge in [-0.2, -0.15) is 11.8 Å². The van der Waals surface area contributed by atoms with Crippen LogP contribution >= 0.6 is 11.8 Å². The lowest BCUT2D eigenvalue weighted by atomic mass is 10.3. The minimum absolute atomic E-state index is 0.285. The van der Waals surface area contributed by atoms with Gasteiger partial charge in [0, 0.05) is 36.4 Å². The molecule has 2 unspecified atom stereocenters. The lowest BCUT2D eigenvalue weighted by molar-refractivity contribution is 0.196. The minimum Gasteiger partial charge on any atom is -0.392 e. The number of imidazole rings is 1. The van der Waals surface area contributed by atoms with Crippen molar-refractivity contribution in [2.24, 2.45) is 0 Å². The van der Waals surface area contributed by atoms with E-state index in [1.54, 1.807) is 6.20 Å². The molecule has 0 bridgehead atoms. The van der Waals surface area contributed by atoms with Crippen molar-refractivity contribution in [3.63, 3.8) is 0 Å². The molecule has 2 atom stereocenters. The second kappa shape index (κ2) is 6.97. The average Bonchev–Trinajstić information content (AvgIpc) is 2.73. The second-order valence-electron chi connectivity index (χ2n) is 4.04. The van der Waals surface area contributed by atoms with Crippen molar-refractivity contribution in [1.82, 2.24) is 9.55 Å². The Balaban J connectivity index is 2.36. The van der Waals surface area contributed by atoms with Crippen LogP contribution in [0.2, 0.25) is 0 Å². The fourth-order valence-electron chi connectivity index (χ4n) is 1.48. The molecule has 1 N–H and O–H groups in total. The number of hydrogen-bond acceptors (Lipinski definition) is 3. The van der Waals surface area contributed by atoms with Crippen molar-refractivity contribution >= 4 is 11.8 Å². The Hall–Kier alpha value is -0.480. The first-order valence-electron chi connectivity index (χ1n) is 5.97. The molecule has 1 aromatic heterocycles. The Morgan fingerprint density at radius 2 is 2.25 bits per heavy atom. The van der Waals surface area contributed by atoms with E-state index in [0.717, 1.165) is 24.5 Å². The van der Waals surface area contributed by atoms with Crippen molar-refractivity contribution in [2.75, 3.05) is 5.75 Å². The van der Waals surface area contributed by atoms with Crippen molar-refractivity contribution in [3.8, 4) is 0 Å². The van der Waals surface area contributed by atoms with E-state index >= 15 is 0 Å². The first-order chi connectivity index (χ1) is 7.67. The largest absolute Gasteiger partial charge is 0.392 e. The fourth-order valence-corrected chi connectivity index (χ4v) is 2.39. The Kier molecular flexibility index (Phi) is 5.91. The zero-order chi connectivity index (χ0) is 12.0. The van der Waals surface area contributed by atoms with Crippen LogP contribution in [0.1, 0.15) is 33.0 Å². The van der Waals surface area contributed by atoms with Crippen molar-refractivity contribution in [3.05, 3.63) is 18.2 Å².